The van der Waals surface area contributed by atoms with Crippen molar-refractivity contribution in [3.63, 3.8) is 0 Å². The lowest BCUT2D eigenvalue weighted by Crippen LogP contribution is -2.13. The number of nitrogens with zero attached hydrogens (tertiary/aromatic N) is 1. The molecule has 5 rings (SSSR count). The Bertz CT molecular complexity index is 1940. The quantitative estimate of drug-likeness (QED) is 0.125. The number of halogens is 3. The minimum absolute atomic E-state index is 0.125. The zero-order valence-corrected chi connectivity index (χ0v) is 24.7. The van der Waals surface area contributed by atoms with E-state index in [0.29, 0.717) is 39.2 Å². The van der Waals surface area contributed by atoms with Crippen LogP contribution in [0.4, 0.5) is 13.2 Å². The second-order valence-electron chi connectivity index (χ2n) is 10.9. The predicted octanol–water partition coefficient (Wildman–Crippen LogP) is 9.02. The molecule has 0 aliphatic rings. The Kier molecular flexibility index (Phi) is 8.54. The highest BCUT2D eigenvalue weighted by atomic mass is 19.4. The van der Waals surface area contributed by atoms with Gasteiger partial charge in [0, 0.05) is 35.4 Å². The molecule has 8 heteroatoms. The Morgan fingerprint density at radius 3 is 2.30 bits per heavy atom. The maximum atomic E-state index is 14.0. The molecule has 0 N–H and O–H groups in total. The van der Waals surface area contributed by atoms with Gasteiger partial charge in [-0.15, -0.1) is 0 Å². The normalized spacial score (nSPS) is 11.4. The Hall–Kier alpha value is -4.98. The number of hydrogen-bond donors (Lipinski definition) is 0. The van der Waals surface area contributed by atoms with E-state index in [1.54, 1.807) is 63.6 Å². The first kappa shape index (κ1) is 30.5. The van der Waals surface area contributed by atoms with Crippen LogP contribution in [0.15, 0.2) is 90.6 Å². The average Bonchev–Trinajstić information content (AvgIpc) is 2.96. The van der Waals surface area contributed by atoms with Crippen molar-refractivity contribution in [1.29, 1.82) is 0 Å². The summed E-state index contributed by atoms with van der Waals surface area (Å²) < 4.78 is 53.7. The lowest BCUT2D eigenvalue weighted by Gasteiger charge is -2.15. The molecule has 0 bridgehead atoms. The minimum Gasteiger partial charge on any atom is -0.496 e. The predicted molar refractivity (Wildman–Crippen MR) is 165 cm³/mol. The summed E-state index contributed by atoms with van der Waals surface area (Å²) >= 11 is 0. The summed E-state index contributed by atoms with van der Waals surface area (Å²) in [5, 5.41) is 2.04. The van der Waals surface area contributed by atoms with Crippen molar-refractivity contribution in [2.24, 2.45) is 0 Å². The van der Waals surface area contributed by atoms with Crippen LogP contribution in [-0.2, 0) is 23.8 Å². The van der Waals surface area contributed by atoms with E-state index in [2.05, 4.69) is 4.98 Å². The maximum Gasteiger partial charge on any atom is 0.416 e. The molecule has 224 valence electrons. The number of aromatic nitrogens is 1. The molecule has 0 aliphatic heterocycles. The van der Waals surface area contributed by atoms with Crippen LogP contribution >= 0.6 is 0 Å². The second-order valence-corrected chi connectivity index (χ2v) is 10.9. The highest BCUT2D eigenvalue weighted by molar-refractivity contribution is 6.10. The summed E-state index contributed by atoms with van der Waals surface area (Å²) in [6.07, 6.45) is -2.32. The summed E-state index contributed by atoms with van der Waals surface area (Å²) in [7, 11) is 1.60. The third kappa shape index (κ3) is 6.49. The molecule has 0 radical (unpaired) electrons. The third-order valence-electron chi connectivity index (χ3n) is 7.28. The zero-order chi connectivity index (χ0) is 31.6. The molecule has 0 saturated heterocycles. The molecule has 4 aromatic carbocycles. The van der Waals surface area contributed by atoms with Gasteiger partial charge in [0.15, 0.2) is 11.6 Å². The molecular weight excluding hydrogens is 567 g/mol. The third-order valence-corrected chi connectivity index (χ3v) is 7.28. The molecule has 1 heterocycles. The van der Waals surface area contributed by atoms with Crippen LogP contribution in [-0.4, -0.2) is 23.7 Å². The SMILES string of the molecule is COc1cc2c(Oc3cccc4c(C(=O)Cc5ccc(CC(=O)C=C(C)C)c(C(F)(F)F)c5)cccc34)ccnc2cc1C. The number of ketones is 2. The van der Waals surface area contributed by atoms with Gasteiger partial charge in [-0.25, -0.2) is 0 Å². The van der Waals surface area contributed by atoms with Gasteiger partial charge < -0.3 is 9.47 Å². The van der Waals surface area contributed by atoms with Crippen LogP contribution in [0.3, 0.4) is 0 Å². The Balaban J connectivity index is 1.47. The number of ether oxygens (including phenoxy) is 2. The molecule has 0 aliphatic carbocycles. The number of alkyl halides is 3. The van der Waals surface area contributed by atoms with Gasteiger partial charge in [0.25, 0.3) is 0 Å². The summed E-state index contributed by atoms with van der Waals surface area (Å²) in [5.41, 5.74) is 1.91. The number of rotatable bonds is 9. The van der Waals surface area contributed by atoms with Crippen LogP contribution in [0.25, 0.3) is 21.7 Å². The number of carbonyl (C=O) groups excluding carboxylic acids is 2. The van der Waals surface area contributed by atoms with E-state index < -0.39 is 17.5 Å². The number of allylic oxidation sites excluding steroid dienone is 2. The number of methoxy groups -OCH3 is 1. The molecule has 5 nitrogen and oxygen atoms in total. The molecule has 0 amide bonds. The molecule has 0 saturated carbocycles. The highest BCUT2D eigenvalue weighted by Gasteiger charge is 2.34. The summed E-state index contributed by atoms with van der Waals surface area (Å²) in [6, 6.07) is 19.8. The van der Waals surface area contributed by atoms with Gasteiger partial charge in [-0.05, 0) is 79.3 Å². The molecule has 0 spiro atoms. The molecule has 0 atom stereocenters. The Labute approximate surface area is 253 Å². The van der Waals surface area contributed by atoms with Crippen LogP contribution in [0.5, 0.6) is 17.2 Å². The first-order valence-corrected chi connectivity index (χ1v) is 14.0. The average molecular weight is 598 g/mol. The van der Waals surface area contributed by atoms with Gasteiger partial charge in [-0.2, -0.15) is 13.2 Å². The van der Waals surface area contributed by atoms with E-state index in [0.717, 1.165) is 22.5 Å². The number of fused-ring (bicyclic) bond motifs is 2. The van der Waals surface area contributed by atoms with Gasteiger partial charge in [0.2, 0.25) is 0 Å². The van der Waals surface area contributed by atoms with Crippen molar-refractivity contribution in [3.8, 4) is 17.2 Å². The van der Waals surface area contributed by atoms with Gasteiger partial charge in [-0.1, -0.05) is 48.0 Å². The van der Waals surface area contributed by atoms with E-state index in [1.165, 1.54) is 18.2 Å². The van der Waals surface area contributed by atoms with E-state index >= 15 is 0 Å². The fourth-order valence-electron chi connectivity index (χ4n) is 5.29. The smallest absolute Gasteiger partial charge is 0.416 e. The standard InChI is InChI=1S/C36H30F3NO4/c1-21(2)15-25(41)19-24-12-11-23(17-30(24)36(37,38)39)18-32(42)27-8-5-9-28-26(27)7-6-10-33(28)44-34-13-14-40-31-16-22(3)35(43-4)20-29(31)34/h5-17,20H,18-19H2,1-4H3. The number of aryl methyl sites for hydroxylation is 1. The first-order chi connectivity index (χ1) is 20.9. The van der Waals surface area contributed by atoms with Crippen molar-refractivity contribution >= 4 is 33.2 Å². The molecule has 44 heavy (non-hydrogen) atoms. The lowest BCUT2D eigenvalue weighted by atomic mass is 9.94. The van der Waals surface area contributed by atoms with Crippen LogP contribution < -0.4 is 9.47 Å². The minimum atomic E-state index is -4.68. The topological polar surface area (TPSA) is 65.5 Å². The molecule has 1 aromatic heterocycles. The molecule has 0 unspecified atom stereocenters. The molecule has 5 aromatic rings. The van der Waals surface area contributed by atoms with Crippen molar-refractivity contribution in [3.05, 3.63) is 118 Å². The number of pyridine rings is 1. The number of Topliss-reactive ketones (excluding diaryl/α,β-unsaturated/α-hetero) is 1. The van der Waals surface area contributed by atoms with E-state index in [1.807, 2.05) is 25.1 Å². The number of hydrogen-bond acceptors (Lipinski definition) is 5. The van der Waals surface area contributed by atoms with Gasteiger partial charge in [-0.3, -0.25) is 14.6 Å². The van der Waals surface area contributed by atoms with Crippen molar-refractivity contribution in [2.45, 2.75) is 39.8 Å². The fourth-order valence-corrected chi connectivity index (χ4v) is 5.29. The lowest BCUT2D eigenvalue weighted by molar-refractivity contribution is -0.138. The highest BCUT2D eigenvalue weighted by Crippen LogP contribution is 2.37. The molecular formula is C36H30F3NO4. The Morgan fingerprint density at radius 2 is 1.57 bits per heavy atom. The first-order valence-electron chi connectivity index (χ1n) is 14.0. The van der Waals surface area contributed by atoms with Gasteiger partial charge in [0.05, 0.1) is 18.2 Å². The summed E-state index contributed by atoms with van der Waals surface area (Å²) in [6.45, 7) is 5.35. The monoisotopic (exact) mass is 597 g/mol. The maximum absolute atomic E-state index is 14.0. The second kappa shape index (κ2) is 12.3. The van der Waals surface area contributed by atoms with E-state index in [-0.39, 0.29) is 29.8 Å². The van der Waals surface area contributed by atoms with Crippen molar-refractivity contribution < 1.29 is 32.2 Å². The molecule has 0 fully saturated rings. The van der Waals surface area contributed by atoms with E-state index in [4.69, 9.17) is 9.47 Å². The summed E-state index contributed by atoms with van der Waals surface area (Å²) in [5.74, 6) is 1.00. The van der Waals surface area contributed by atoms with Gasteiger partial charge in [0.1, 0.15) is 17.2 Å². The van der Waals surface area contributed by atoms with Crippen LogP contribution in [0, 0.1) is 6.92 Å². The van der Waals surface area contributed by atoms with Gasteiger partial charge >= 0.3 is 6.18 Å². The zero-order valence-electron chi connectivity index (χ0n) is 24.7. The van der Waals surface area contributed by atoms with Crippen molar-refractivity contribution in [2.75, 3.05) is 7.11 Å². The fraction of sp³-hybridized carbons (Fsp3) is 0.194. The van der Waals surface area contributed by atoms with Crippen LogP contribution in [0.2, 0.25) is 0 Å². The van der Waals surface area contributed by atoms with E-state index in [9.17, 15) is 22.8 Å². The number of carbonyl (C=O) groups is 2. The number of benzene rings is 4. The van der Waals surface area contributed by atoms with Crippen molar-refractivity contribution in [1.82, 2.24) is 4.98 Å². The van der Waals surface area contributed by atoms with Crippen LogP contribution in [0.1, 0.15) is 46.5 Å². The summed E-state index contributed by atoms with van der Waals surface area (Å²) in [4.78, 5) is 30.2. The largest absolute Gasteiger partial charge is 0.496 e. The Morgan fingerprint density at radius 1 is 0.841 bits per heavy atom.